The molecule has 7 nitrogen and oxygen atoms in total. The third-order valence-corrected chi connectivity index (χ3v) is 4.97. The van der Waals surface area contributed by atoms with Crippen LogP contribution in [0.15, 0.2) is 76.3 Å². The predicted molar refractivity (Wildman–Crippen MR) is 126 cm³/mol. The van der Waals surface area contributed by atoms with Crippen LogP contribution in [0.2, 0.25) is 10.0 Å². The molecular weight excluding hydrogens is 521 g/mol. The monoisotopic (exact) mass is 533 g/mol. The summed E-state index contributed by atoms with van der Waals surface area (Å²) < 4.78 is 6.08. The van der Waals surface area contributed by atoms with Gasteiger partial charge in [0, 0.05) is 9.50 Å². The van der Waals surface area contributed by atoms with Crippen LogP contribution >= 0.6 is 39.1 Å². The van der Waals surface area contributed by atoms with Gasteiger partial charge in [-0.15, -0.1) is 0 Å². The Morgan fingerprint density at radius 1 is 0.938 bits per heavy atom. The van der Waals surface area contributed by atoms with E-state index >= 15 is 0 Å². The number of ether oxygens (including phenoxy) is 1. The van der Waals surface area contributed by atoms with E-state index in [1.807, 2.05) is 0 Å². The van der Waals surface area contributed by atoms with Gasteiger partial charge in [0.15, 0.2) is 0 Å². The molecule has 0 saturated carbocycles. The molecule has 10 heteroatoms. The Morgan fingerprint density at radius 2 is 1.69 bits per heavy atom. The van der Waals surface area contributed by atoms with Crippen LogP contribution in [0.4, 0.5) is 5.69 Å². The highest BCUT2D eigenvalue weighted by atomic mass is 79.9. The predicted octanol–water partition coefficient (Wildman–Crippen LogP) is 5.06. The molecule has 3 aromatic carbocycles. The van der Waals surface area contributed by atoms with Gasteiger partial charge >= 0.3 is 17.8 Å². The lowest BCUT2D eigenvalue weighted by Crippen LogP contribution is -2.32. The number of hydrogen-bond acceptors (Lipinski definition) is 5. The van der Waals surface area contributed by atoms with Gasteiger partial charge in [-0.1, -0.05) is 45.2 Å². The van der Waals surface area contributed by atoms with Gasteiger partial charge in [-0.05, 0) is 66.2 Å². The van der Waals surface area contributed by atoms with Gasteiger partial charge in [0.1, 0.15) is 5.75 Å². The molecule has 2 amide bonds. The van der Waals surface area contributed by atoms with Crippen molar-refractivity contribution >= 4 is 68.8 Å². The first kappa shape index (κ1) is 23.5. The Balaban J connectivity index is 1.53. The second-order valence-electron chi connectivity index (χ2n) is 6.25. The third kappa shape index (κ3) is 6.65. The summed E-state index contributed by atoms with van der Waals surface area (Å²) in [4.78, 5) is 36.0. The first-order chi connectivity index (χ1) is 15.3. The minimum Gasteiger partial charge on any atom is -0.423 e. The molecule has 0 unspecified atom stereocenters. The topological polar surface area (TPSA) is 96.9 Å². The standard InChI is InChI=1S/C22H14BrCl2N3O4/c23-15-3-1-2-14(10-15)22(31)32-17-7-4-13(5-8-17)12-26-28-21(30)20(29)27-19-11-16(24)6-9-18(19)25/h1-12H,(H,27,29)(H,28,30)/b26-12-. The van der Waals surface area contributed by atoms with E-state index in [1.54, 1.807) is 54.6 Å². The van der Waals surface area contributed by atoms with E-state index in [4.69, 9.17) is 27.9 Å². The first-order valence-corrected chi connectivity index (χ1v) is 10.5. The van der Waals surface area contributed by atoms with Crippen LogP contribution in [0.5, 0.6) is 5.75 Å². The molecule has 0 atom stereocenters. The summed E-state index contributed by atoms with van der Waals surface area (Å²) in [7, 11) is 0. The van der Waals surface area contributed by atoms with Crippen molar-refractivity contribution in [3.8, 4) is 5.75 Å². The molecule has 0 bridgehead atoms. The minimum atomic E-state index is -0.989. The Bertz CT molecular complexity index is 1200. The number of amides is 2. The molecule has 162 valence electrons. The van der Waals surface area contributed by atoms with Crippen LogP contribution in [0.3, 0.4) is 0 Å². The van der Waals surface area contributed by atoms with Gasteiger partial charge in [-0.25, -0.2) is 10.2 Å². The fraction of sp³-hybridized carbons (Fsp3) is 0. The van der Waals surface area contributed by atoms with Crippen molar-refractivity contribution in [3.05, 3.63) is 92.4 Å². The average Bonchev–Trinajstić information content (AvgIpc) is 2.77. The van der Waals surface area contributed by atoms with Crippen molar-refractivity contribution in [2.75, 3.05) is 5.32 Å². The maximum absolute atomic E-state index is 12.2. The van der Waals surface area contributed by atoms with E-state index < -0.39 is 17.8 Å². The molecule has 0 spiro atoms. The molecule has 0 radical (unpaired) electrons. The fourth-order valence-corrected chi connectivity index (χ4v) is 3.13. The maximum Gasteiger partial charge on any atom is 0.343 e. The van der Waals surface area contributed by atoms with Crippen LogP contribution in [-0.2, 0) is 9.59 Å². The zero-order chi connectivity index (χ0) is 23.1. The zero-order valence-electron chi connectivity index (χ0n) is 16.1. The molecule has 0 aromatic heterocycles. The SMILES string of the molecule is O=C(N/N=C\c1ccc(OC(=O)c2cccc(Br)c2)cc1)C(=O)Nc1cc(Cl)ccc1Cl. The van der Waals surface area contributed by atoms with E-state index in [2.05, 4.69) is 31.8 Å². The van der Waals surface area contributed by atoms with E-state index in [9.17, 15) is 14.4 Å². The summed E-state index contributed by atoms with van der Waals surface area (Å²) >= 11 is 15.1. The van der Waals surface area contributed by atoms with Crippen molar-refractivity contribution in [1.82, 2.24) is 5.43 Å². The van der Waals surface area contributed by atoms with Crippen LogP contribution < -0.4 is 15.5 Å². The van der Waals surface area contributed by atoms with Crippen molar-refractivity contribution < 1.29 is 19.1 Å². The van der Waals surface area contributed by atoms with Gasteiger partial charge in [0.05, 0.1) is 22.5 Å². The number of carbonyl (C=O) groups is 3. The summed E-state index contributed by atoms with van der Waals surface area (Å²) in [6.07, 6.45) is 1.33. The quantitative estimate of drug-likeness (QED) is 0.157. The third-order valence-electron chi connectivity index (χ3n) is 3.91. The van der Waals surface area contributed by atoms with Crippen LogP contribution in [0.1, 0.15) is 15.9 Å². The van der Waals surface area contributed by atoms with Gasteiger partial charge in [0.25, 0.3) is 0 Å². The molecule has 2 N–H and O–H groups in total. The van der Waals surface area contributed by atoms with Crippen molar-refractivity contribution in [1.29, 1.82) is 0 Å². The summed E-state index contributed by atoms with van der Waals surface area (Å²) in [5.74, 6) is -2.10. The smallest absolute Gasteiger partial charge is 0.343 e. The van der Waals surface area contributed by atoms with Crippen molar-refractivity contribution in [2.24, 2.45) is 5.10 Å². The molecular formula is C22H14BrCl2N3O4. The summed E-state index contributed by atoms with van der Waals surface area (Å²) in [6, 6.07) is 17.7. The van der Waals surface area contributed by atoms with E-state index in [-0.39, 0.29) is 10.7 Å². The summed E-state index contributed by atoms with van der Waals surface area (Å²) in [5, 5.41) is 6.68. The number of halogens is 3. The number of hydrogen-bond donors (Lipinski definition) is 2. The van der Waals surface area contributed by atoms with Gasteiger partial charge in [-0.3, -0.25) is 9.59 Å². The zero-order valence-corrected chi connectivity index (χ0v) is 19.2. The van der Waals surface area contributed by atoms with Crippen LogP contribution in [-0.4, -0.2) is 24.0 Å². The van der Waals surface area contributed by atoms with Gasteiger partial charge in [-0.2, -0.15) is 5.10 Å². The largest absolute Gasteiger partial charge is 0.423 e. The van der Waals surface area contributed by atoms with Crippen LogP contribution in [0, 0.1) is 0 Å². The summed E-state index contributed by atoms with van der Waals surface area (Å²) in [6.45, 7) is 0. The second-order valence-corrected chi connectivity index (χ2v) is 8.01. The number of rotatable bonds is 5. The van der Waals surface area contributed by atoms with Gasteiger partial charge < -0.3 is 10.1 Å². The Labute approximate surface area is 201 Å². The Hall–Kier alpha value is -3.20. The molecule has 0 aliphatic carbocycles. The van der Waals surface area contributed by atoms with Crippen molar-refractivity contribution in [3.63, 3.8) is 0 Å². The number of esters is 1. The molecule has 0 saturated heterocycles. The summed E-state index contributed by atoms with van der Waals surface area (Å²) in [5.41, 5.74) is 3.33. The second kappa shape index (κ2) is 10.9. The number of carbonyl (C=O) groups excluding carboxylic acids is 3. The lowest BCUT2D eigenvalue weighted by atomic mass is 10.2. The first-order valence-electron chi connectivity index (χ1n) is 8.99. The molecule has 3 rings (SSSR count). The Morgan fingerprint density at radius 3 is 2.41 bits per heavy atom. The van der Waals surface area contributed by atoms with E-state index in [0.29, 0.717) is 21.9 Å². The highest BCUT2D eigenvalue weighted by Crippen LogP contribution is 2.25. The lowest BCUT2D eigenvalue weighted by molar-refractivity contribution is -0.136. The molecule has 0 fully saturated rings. The number of nitrogens with zero attached hydrogens (tertiary/aromatic N) is 1. The van der Waals surface area contributed by atoms with Gasteiger partial charge in [0.2, 0.25) is 0 Å². The minimum absolute atomic E-state index is 0.205. The number of anilines is 1. The normalized spacial score (nSPS) is 10.6. The van der Waals surface area contributed by atoms with Crippen molar-refractivity contribution in [2.45, 2.75) is 0 Å². The molecule has 32 heavy (non-hydrogen) atoms. The highest BCUT2D eigenvalue weighted by molar-refractivity contribution is 9.10. The molecule has 0 aliphatic heterocycles. The highest BCUT2D eigenvalue weighted by Gasteiger charge is 2.15. The number of benzene rings is 3. The molecule has 3 aromatic rings. The Kier molecular flexibility index (Phi) is 7.99. The lowest BCUT2D eigenvalue weighted by Gasteiger charge is -2.06. The van der Waals surface area contributed by atoms with Crippen LogP contribution in [0.25, 0.3) is 0 Å². The molecule has 0 aliphatic rings. The molecule has 0 heterocycles. The van der Waals surface area contributed by atoms with E-state index in [1.165, 1.54) is 18.3 Å². The number of nitrogens with one attached hydrogen (secondary N) is 2. The van der Waals surface area contributed by atoms with E-state index in [0.717, 1.165) is 4.47 Å². The number of hydrazone groups is 1. The fourth-order valence-electron chi connectivity index (χ4n) is 2.39. The average molecular weight is 535 g/mol. The maximum atomic E-state index is 12.2.